The lowest BCUT2D eigenvalue weighted by atomic mass is 10.3. The Hall–Kier alpha value is -2.47. The molecule has 2 heterocycles. The summed E-state index contributed by atoms with van der Waals surface area (Å²) in [6, 6.07) is 13.7. The van der Waals surface area contributed by atoms with Crippen LogP contribution in [0.5, 0.6) is 0 Å². The summed E-state index contributed by atoms with van der Waals surface area (Å²) < 4.78 is 0.968. The highest BCUT2D eigenvalue weighted by atomic mass is 79.9. The van der Waals surface area contributed by atoms with Gasteiger partial charge in [-0.05, 0) is 46.6 Å². The fraction of sp³-hybridized carbons (Fsp3) is 0.118. The van der Waals surface area contributed by atoms with Gasteiger partial charge < -0.3 is 10.6 Å². The second kappa shape index (κ2) is 7.19. The van der Waals surface area contributed by atoms with E-state index in [2.05, 4.69) is 41.5 Å². The molecule has 1 aromatic carbocycles. The van der Waals surface area contributed by atoms with Gasteiger partial charge in [-0.25, -0.2) is 4.98 Å². The number of para-hydroxylation sites is 1. The maximum atomic E-state index is 4.51. The van der Waals surface area contributed by atoms with Gasteiger partial charge in [-0.15, -0.1) is 0 Å². The molecule has 0 aliphatic heterocycles. The number of rotatable bonds is 5. The number of nitrogens with zero attached hydrogens (tertiary/aromatic N) is 3. The first kappa shape index (κ1) is 15.4. The fourth-order valence-electron chi connectivity index (χ4n) is 2.09. The van der Waals surface area contributed by atoms with Gasteiger partial charge in [-0.3, -0.25) is 4.98 Å². The highest BCUT2D eigenvalue weighted by Gasteiger charge is 2.05. The molecule has 3 aromatic rings. The lowest BCUT2D eigenvalue weighted by Crippen LogP contribution is -2.06. The van der Waals surface area contributed by atoms with Crippen molar-refractivity contribution in [2.45, 2.75) is 13.5 Å². The van der Waals surface area contributed by atoms with E-state index in [4.69, 9.17) is 0 Å². The molecule has 0 radical (unpaired) electrons. The molecule has 3 rings (SSSR count). The molecule has 0 fully saturated rings. The Bertz CT molecular complexity index is 792. The van der Waals surface area contributed by atoms with Crippen LogP contribution in [0, 0.1) is 6.92 Å². The van der Waals surface area contributed by atoms with Gasteiger partial charge in [0.1, 0.15) is 5.82 Å². The minimum atomic E-state index is 0.561. The van der Waals surface area contributed by atoms with Crippen molar-refractivity contribution < 1.29 is 0 Å². The van der Waals surface area contributed by atoms with Crippen LogP contribution in [0.4, 0.5) is 17.5 Å². The number of hydrogen-bond donors (Lipinski definition) is 2. The van der Waals surface area contributed by atoms with Gasteiger partial charge >= 0.3 is 0 Å². The van der Waals surface area contributed by atoms with Crippen molar-refractivity contribution in [1.82, 2.24) is 15.0 Å². The van der Waals surface area contributed by atoms with Gasteiger partial charge in [0, 0.05) is 35.2 Å². The Morgan fingerprint density at radius 3 is 2.74 bits per heavy atom. The standard InChI is InChI=1S/C17H16BrN5/c1-12-9-16(20-11-13-5-4-8-19-10-13)23-17(21-12)22-15-7-3-2-6-14(15)18/h2-10H,11H2,1H3,(H2,20,21,22,23). The van der Waals surface area contributed by atoms with Gasteiger partial charge in [0.2, 0.25) is 5.95 Å². The summed E-state index contributed by atoms with van der Waals surface area (Å²) in [6.45, 7) is 2.61. The van der Waals surface area contributed by atoms with Crippen LogP contribution < -0.4 is 10.6 Å². The normalized spacial score (nSPS) is 10.3. The predicted molar refractivity (Wildman–Crippen MR) is 95.8 cm³/mol. The van der Waals surface area contributed by atoms with Gasteiger partial charge in [0.25, 0.3) is 0 Å². The van der Waals surface area contributed by atoms with Gasteiger partial charge in [0.05, 0.1) is 5.69 Å². The number of hydrogen-bond acceptors (Lipinski definition) is 5. The quantitative estimate of drug-likeness (QED) is 0.701. The van der Waals surface area contributed by atoms with Gasteiger partial charge in [0.15, 0.2) is 0 Å². The molecule has 0 saturated carbocycles. The van der Waals surface area contributed by atoms with E-state index in [1.807, 2.05) is 55.6 Å². The summed E-state index contributed by atoms with van der Waals surface area (Å²) in [6.07, 6.45) is 3.60. The van der Waals surface area contributed by atoms with Crippen LogP contribution in [0.3, 0.4) is 0 Å². The number of nitrogens with one attached hydrogen (secondary N) is 2. The van der Waals surface area contributed by atoms with E-state index in [1.165, 1.54) is 0 Å². The number of anilines is 3. The number of pyridine rings is 1. The van der Waals surface area contributed by atoms with Crippen molar-refractivity contribution in [1.29, 1.82) is 0 Å². The van der Waals surface area contributed by atoms with Crippen molar-refractivity contribution in [3.05, 3.63) is 70.6 Å². The zero-order chi connectivity index (χ0) is 16.1. The number of benzene rings is 1. The van der Waals surface area contributed by atoms with Gasteiger partial charge in [-0.1, -0.05) is 18.2 Å². The third kappa shape index (κ3) is 4.26. The summed E-state index contributed by atoms with van der Waals surface area (Å²) in [4.78, 5) is 13.0. The molecule has 6 heteroatoms. The zero-order valence-electron chi connectivity index (χ0n) is 12.6. The second-order valence-electron chi connectivity index (χ2n) is 5.04. The Morgan fingerprint density at radius 1 is 1.09 bits per heavy atom. The van der Waals surface area contributed by atoms with Crippen LogP contribution >= 0.6 is 15.9 Å². The van der Waals surface area contributed by atoms with Crippen molar-refractivity contribution in [2.24, 2.45) is 0 Å². The van der Waals surface area contributed by atoms with Crippen LogP contribution in [0.1, 0.15) is 11.3 Å². The molecule has 0 spiro atoms. The molecule has 0 unspecified atom stereocenters. The molecule has 0 saturated heterocycles. The molecule has 2 N–H and O–H groups in total. The van der Waals surface area contributed by atoms with Crippen LogP contribution in [0.25, 0.3) is 0 Å². The molecule has 0 amide bonds. The Labute approximate surface area is 143 Å². The maximum absolute atomic E-state index is 4.51. The van der Waals surface area contributed by atoms with E-state index < -0.39 is 0 Å². The molecular formula is C17H16BrN5. The van der Waals surface area contributed by atoms with Crippen LogP contribution in [-0.4, -0.2) is 15.0 Å². The third-order valence-corrected chi connectivity index (χ3v) is 3.86. The minimum Gasteiger partial charge on any atom is -0.366 e. The average Bonchev–Trinajstić information content (AvgIpc) is 2.56. The number of aromatic nitrogens is 3. The van der Waals surface area contributed by atoms with Crippen molar-refractivity contribution in [3.63, 3.8) is 0 Å². The summed E-state index contributed by atoms with van der Waals surface area (Å²) in [5.74, 6) is 1.33. The summed E-state index contributed by atoms with van der Waals surface area (Å²) in [5.41, 5.74) is 2.92. The third-order valence-electron chi connectivity index (χ3n) is 3.17. The van der Waals surface area contributed by atoms with Gasteiger partial charge in [-0.2, -0.15) is 4.98 Å². The monoisotopic (exact) mass is 369 g/mol. The molecule has 0 aliphatic carbocycles. The van der Waals surface area contributed by atoms with E-state index >= 15 is 0 Å². The zero-order valence-corrected chi connectivity index (χ0v) is 14.2. The fourth-order valence-corrected chi connectivity index (χ4v) is 2.48. The average molecular weight is 370 g/mol. The summed E-state index contributed by atoms with van der Waals surface area (Å²) in [5, 5.41) is 6.53. The second-order valence-corrected chi connectivity index (χ2v) is 5.89. The molecule has 116 valence electrons. The lowest BCUT2D eigenvalue weighted by Gasteiger charge is -2.11. The largest absolute Gasteiger partial charge is 0.366 e. The number of halogens is 1. The first-order chi connectivity index (χ1) is 11.2. The predicted octanol–water partition coefficient (Wildman–Crippen LogP) is 4.30. The summed E-state index contributed by atoms with van der Waals surface area (Å²) in [7, 11) is 0. The van der Waals surface area contributed by atoms with Crippen LogP contribution in [0.15, 0.2) is 59.3 Å². The first-order valence-corrected chi connectivity index (χ1v) is 8.00. The molecule has 23 heavy (non-hydrogen) atoms. The Morgan fingerprint density at radius 2 is 1.96 bits per heavy atom. The molecule has 2 aromatic heterocycles. The molecule has 5 nitrogen and oxygen atoms in total. The van der Waals surface area contributed by atoms with Crippen molar-refractivity contribution in [2.75, 3.05) is 10.6 Å². The number of aryl methyl sites for hydroxylation is 1. The van der Waals surface area contributed by atoms with Crippen LogP contribution in [0.2, 0.25) is 0 Å². The summed E-state index contributed by atoms with van der Waals surface area (Å²) >= 11 is 3.51. The van der Waals surface area contributed by atoms with E-state index in [1.54, 1.807) is 6.20 Å². The first-order valence-electron chi connectivity index (χ1n) is 7.21. The minimum absolute atomic E-state index is 0.561. The Balaban J connectivity index is 1.75. The highest BCUT2D eigenvalue weighted by Crippen LogP contribution is 2.24. The SMILES string of the molecule is Cc1cc(NCc2cccnc2)nc(Nc2ccccc2Br)n1. The van der Waals surface area contributed by atoms with E-state index in [9.17, 15) is 0 Å². The molecule has 0 atom stereocenters. The lowest BCUT2D eigenvalue weighted by molar-refractivity contribution is 1.05. The van der Waals surface area contributed by atoms with Crippen molar-refractivity contribution >= 4 is 33.4 Å². The highest BCUT2D eigenvalue weighted by molar-refractivity contribution is 9.10. The van der Waals surface area contributed by atoms with E-state index in [0.29, 0.717) is 12.5 Å². The van der Waals surface area contributed by atoms with E-state index in [0.717, 1.165) is 27.2 Å². The topological polar surface area (TPSA) is 62.7 Å². The smallest absolute Gasteiger partial charge is 0.229 e. The van der Waals surface area contributed by atoms with E-state index in [-0.39, 0.29) is 0 Å². The maximum Gasteiger partial charge on any atom is 0.229 e. The van der Waals surface area contributed by atoms with Crippen molar-refractivity contribution in [3.8, 4) is 0 Å². The molecule has 0 bridgehead atoms. The molecular weight excluding hydrogens is 354 g/mol. The van der Waals surface area contributed by atoms with Crippen LogP contribution in [-0.2, 0) is 6.54 Å². The Kier molecular flexibility index (Phi) is 4.83. The molecule has 0 aliphatic rings.